The Morgan fingerprint density at radius 2 is 1.72 bits per heavy atom. The number of halogens is 1. The van der Waals surface area contributed by atoms with E-state index in [4.69, 9.17) is 16.0 Å². The number of amides is 1. The molecule has 1 aromatic heterocycles. The number of aliphatic hydroxyl groups is 1. The average Bonchev–Trinajstić information content (AvgIpc) is 3.31. The number of aromatic hydroxyl groups is 1. The molecule has 1 fully saturated rings. The Hall–Kier alpha value is -3.51. The summed E-state index contributed by atoms with van der Waals surface area (Å²) in [4.78, 5) is 27.0. The van der Waals surface area contributed by atoms with Crippen LogP contribution in [0.4, 0.5) is 0 Å². The van der Waals surface area contributed by atoms with E-state index in [1.54, 1.807) is 48.5 Å². The van der Waals surface area contributed by atoms with Crippen molar-refractivity contribution in [1.29, 1.82) is 0 Å². The summed E-state index contributed by atoms with van der Waals surface area (Å²) in [7, 11) is 0. The van der Waals surface area contributed by atoms with Gasteiger partial charge < -0.3 is 19.5 Å². The summed E-state index contributed by atoms with van der Waals surface area (Å²) in [6.07, 6.45) is 1.48. The van der Waals surface area contributed by atoms with Crippen LogP contribution in [0.15, 0.2) is 76.9 Å². The molecule has 6 nitrogen and oxygen atoms in total. The summed E-state index contributed by atoms with van der Waals surface area (Å²) < 4.78 is 5.34. The lowest BCUT2D eigenvalue weighted by molar-refractivity contribution is -0.140. The second-order valence-electron chi connectivity index (χ2n) is 6.60. The molecule has 2 N–H and O–H groups in total. The first-order valence-corrected chi connectivity index (χ1v) is 9.19. The third-order valence-electron chi connectivity index (χ3n) is 4.77. The molecule has 1 atom stereocenters. The number of ketones is 1. The molecule has 1 amide bonds. The Morgan fingerprint density at radius 3 is 2.34 bits per heavy atom. The quantitative estimate of drug-likeness (QED) is 0.381. The van der Waals surface area contributed by atoms with Gasteiger partial charge in [0.05, 0.1) is 24.4 Å². The van der Waals surface area contributed by atoms with Gasteiger partial charge in [-0.15, -0.1) is 0 Å². The van der Waals surface area contributed by atoms with E-state index in [0.29, 0.717) is 21.9 Å². The van der Waals surface area contributed by atoms with Crippen molar-refractivity contribution in [2.24, 2.45) is 0 Å². The van der Waals surface area contributed by atoms with Gasteiger partial charge in [0.1, 0.15) is 17.3 Å². The minimum absolute atomic E-state index is 0.0328. The van der Waals surface area contributed by atoms with Crippen LogP contribution in [0.3, 0.4) is 0 Å². The number of hydrogen-bond donors (Lipinski definition) is 2. The Balaban J connectivity index is 1.86. The monoisotopic (exact) mass is 409 g/mol. The minimum atomic E-state index is -0.837. The zero-order valence-electron chi connectivity index (χ0n) is 15.1. The molecule has 1 aliphatic heterocycles. The van der Waals surface area contributed by atoms with Gasteiger partial charge in [0, 0.05) is 10.6 Å². The standard InChI is InChI=1S/C22H16ClNO5/c23-15-7-3-14(4-8-15)20(26)18-19(13-5-9-16(25)10-6-13)24(22(28)21(18)27)12-17-2-1-11-29-17/h1-11,19,25-26H,12H2/t19-/m1/s1. The molecular formula is C22H16ClNO5. The van der Waals surface area contributed by atoms with E-state index in [9.17, 15) is 19.8 Å². The molecule has 3 aromatic rings. The Labute approximate surface area is 171 Å². The normalized spacial score (nSPS) is 18.4. The lowest BCUT2D eigenvalue weighted by atomic mass is 9.95. The van der Waals surface area contributed by atoms with Crippen molar-refractivity contribution >= 4 is 29.1 Å². The SMILES string of the molecule is O=C1C(=O)N(Cc2ccco2)[C@H](c2ccc(O)cc2)C1=C(O)c1ccc(Cl)cc1. The molecular weight excluding hydrogens is 394 g/mol. The van der Waals surface area contributed by atoms with Crippen LogP contribution < -0.4 is 0 Å². The lowest BCUT2D eigenvalue weighted by Crippen LogP contribution is -2.29. The number of aliphatic hydroxyl groups excluding tert-OH is 1. The average molecular weight is 410 g/mol. The van der Waals surface area contributed by atoms with E-state index < -0.39 is 17.7 Å². The molecule has 7 heteroatoms. The summed E-state index contributed by atoms with van der Waals surface area (Å²) in [6.45, 7) is 0.0561. The van der Waals surface area contributed by atoms with E-state index in [-0.39, 0.29) is 23.6 Å². The van der Waals surface area contributed by atoms with Crippen LogP contribution in [0.25, 0.3) is 5.76 Å². The number of hydrogen-bond acceptors (Lipinski definition) is 5. The van der Waals surface area contributed by atoms with Crippen molar-refractivity contribution in [3.63, 3.8) is 0 Å². The van der Waals surface area contributed by atoms with Crippen molar-refractivity contribution in [3.05, 3.63) is 94.4 Å². The molecule has 0 unspecified atom stereocenters. The Kier molecular flexibility index (Phi) is 4.86. The molecule has 2 heterocycles. The first-order valence-electron chi connectivity index (χ1n) is 8.81. The van der Waals surface area contributed by atoms with Crippen molar-refractivity contribution < 1.29 is 24.2 Å². The third kappa shape index (κ3) is 3.50. The number of phenols is 1. The molecule has 0 radical (unpaired) electrons. The Bertz CT molecular complexity index is 1090. The minimum Gasteiger partial charge on any atom is -0.508 e. The van der Waals surface area contributed by atoms with Crippen molar-refractivity contribution in [3.8, 4) is 5.75 Å². The largest absolute Gasteiger partial charge is 0.508 e. The van der Waals surface area contributed by atoms with Crippen LogP contribution in [0, 0.1) is 0 Å². The fourth-order valence-electron chi connectivity index (χ4n) is 3.38. The molecule has 1 saturated heterocycles. The molecule has 0 aliphatic carbocycles. The maximum atomic E-state index is 12.9. The van der Waals surface area contributed by atoms with Gasteiger partial charge in [-0.05, 0) is 54.1 Å². The molecule has 0 spiro atoms. The van der Waals surface area contributed by atoms with Gasteiger partial charge in [-0.3, -0.25) is 9.59 Å². The van der Waals surface area contributed by atoms with Crippen LogP contribution in [0.2, 0.25) is 5.02 Å². The topological polar surface area (TPSA) is 91.0 Å². The molecule has 4 rings (SSSR count). The van der Waals surface area contributed by atoms with Crippen LogP contribution in [-0.4, -0.2) is 26.8 Å². The number of furan rings is 1. The number of rotatable bonds is 4. The van der Waals surface area contributed by atoms with Gasteiger partial charge in [-0.25, -0.2) is 0 Å². The van der Waals surface area contributed by atoms with Gasteiger partial charge >= 0.3 is 0 Å². The number of phenolic OH excluding ortho intramolecular Hbond substituents is 1. The molecule has 2 aromatic carbocycles. The number of nitrogens with zero attached hydrogens (tertiary/aromatic N) is 1. The number of carbonyl (C=O) groups is 2. The maximum absolute atomic E-state index is 12.9. The van der Waals surface area contributed by atoms with Crippen LogP contribution in [-0.2, 0) is 16.1 Å². The second kappa shape index (κ2) is 7.48. The molecule has 29 heavy (non-hydrogen) atoms. The summed E-state index contributed by atoms with van der Waals surface area (Å²) in [5.41, 5.74) is 0.910. The fourth-order valence-corrected chi connectivity index (χ4v) is 3.51. The van der Waals surface area contributed by atoms with E-state index in [2.05, 4.69) is 0 Å². The molecule has 0 bridgehead atoms. The maximum Gasteiger partial charge on any atom is 0.296 e. The molecule has 0 saturated carbocycles. The van der Waals surface area contributed by atoms with Gasteiger partial charge in [0.25, 0.3) is 11.7 Å². The van der Waals surface area contributed by atoms with Crippen molar-refractivity contribution in [1.82, 2.24) is 4.90 Å². The zero-order chi connectivity index (χ0) is 20.5. The zero-order valence-corrected chi connectivity index (χ0v) is 15.8. The highest BCUT2D eigenvalue weighted by molar-refractivity contribution is 6.46. The first-order chi connectivity index (χ1) is 14.0. The Morgan fingerprint density at radius 1 is 1.03 bits per heavy atom. The first kappa shape index (κ1) is 18.8. The van der Waals surface area contributed by atoms with Gasteiger partial charge in [0.15, 0.2) is 0 Å². The predicted octanol–water partition coefficient (Wildman–Crippen LogP) is 4.26. The van der Waals surface area contributed by atoms with E-state index >= 15 is 0 Å². The van der Waals surface area contributed by atoms with Gasteiger partial charge in [0.2, 0.25) is 0 Å². The number of benzene rings is 2. The predicted molar refractivity (Wildman–Crippen MR) is 106 cm³/mol. The lowest BCUT2D eigenvalue weighted by Gasteiger charge is -2.24. The third-order valence-corrected chi connectivity index (χ3v) is 5.02. The number of likely N-dealkylation sites (tertiary alicyclic amines) is 1. The summed E-state index contributed by atoms with van der Waals surface area (Å²) in [5, 5.41) is 21.0. The van der Waals surface area contributed by atoms with Crippen LogP contribution in [0.5, 0.6) is 5.75 Å². The highest BCUT2D eigenvalue weighted by Crippen LogP contribution is 2.40. The number of carbonyl (C=O) groups excluding carboxylic acids is 2. The smallest absolute Gasteiger partial charge is 0.296 e. The highest BCUT2D eigenvalue weighted by atomic mass is 35.5. The van der Waals surface area contributed by atoms with Crippen molar-refractivity contribution in [2.75, 3.05) is 0 Å². The molecule has 1 aliphatic rings. The summed E-state index contributed by atoms with van der Waals surface area (Å²) in [5.74, 6) is -1.27. The highest BCUT2D eigenvalue weighted by Gasteiger charge is 2.46. The second-order valence-corrected chi connectivity index (χ2v) is 7.04. The molecule has 146 valence electrons. The van der Waals surface area contributed by atoms with E-state index in [1.165, 1.54) is 23.3 Å². The van der Waals surface area contributed by atoms with E-state index in [0.717, 1.165) is 0 Å². The van der Waals surface area contributed by atoms with Crippen LogP contribution in [0.1, 0.15) is 22.9 Å². The van der Waals surface area contributed by atoms with Gasteiger partial charge in [-0.2, -0.15) is 0 Å². The van der Waals surface area contributed by atoms with Crippen LogP contribution >= 0.6 is 11.6 Å². The van der Waals surface area contributed by atoms with Gasteiger partial charge in [-0.1, -0.05) is 23.7 Å². The number of Topliss-reactive ketones (excluding diaryl/α,β-unsaturated/α-hetero) is 1. The summed E-state index contributed by atoms with van der Waals surface area (Å²) in [6, 6.07) is 15.0. The summed E-state index contributed by atoms with van der Waals surface area (Å²) >= 11 is 5.91. The fraction of sp³-hybridized carbons (Fsp3) is 0.0909. The van der Waals surface area contributed by atoms with Crippen molar-refractivity contribution in [2.45, 2.75) is 12.6 Å². The van der Waals surface area contributed by atoms with E-state index in [1.807, 2.05) is 0 Å².